The molecule has 2 heterocycles. The van der Waals surface area contributed by atoms with E-state index in [1.165, 1.54) is 19.3 Å². The topological polar surface area (TPSA) is 71.3 Å². The fourth-order valence-electron chi connectivity index (χ4n) is 3.55. The van der Waals surface area contributed by atoms with E-state index in [0.29, 0.717) is 19.0 Å². The van der Waals surface area contributed by atoms with Gasteiger partial charge >= 0.3 is 6.03 Å². The van der Waals surface area contributed by atoms with Gasteiger partial charge in [0.1, 0.15) is 0 Å². The van der Waals surface area contributed by atoms with Crippen LogP contribution in [0.1, 0.15) is 75.5 Å². The number of likely N-dealkylation sites (tertiary alicyclic amines) is 1. The van der Waals surface area contributed by atoms with E-state index in [4.69, 9.17) is 4.42 Å². The Balaban J connectivity index is 1.63. The second kappa shape index (κ2) is 7.11. The van der Waals surface area contributed by atoms with Crippen LogP contribution in [0.2, 0.25) is 0 Å². The summed E-state index contributed by atoms with van der Waals surface area (Å²) in [4.78, 5) is 13.8. The molecule has 1 aliphatic heterocycles. The van der Waals surface area contributed by atoms with Gasteiger partial charge in [-0.15, -0.1) is 10.2 Å². The van der Waals surface area contributed by atoms with Crippen LogP contribution in [0.4, 0.5) is 4.79 Å². The molecule has 1 saturated carbocycles. The lowest BCUT2D eigenvalue weighted by atomic mass is 9.89. The van der Waals surface area contributed by atoms with Gasteiger partial charge in [0, 0.05) is 25.6 Å². The Hall–Kier alpha value is -1.59. The van der Waals surface area contributed by atoms with Crippen molar-refractivity contribution in [2.45, 2.75) is 63.7 Å². The highest BCUT2D eigenvalue weighted by atomic mass is 16.4. The minimum Gasteiger partial charge on any atom is -0.425 e. The molecular formula is C16H26N4O2. The Kier molecular flexibility index (Phi) is 4.95. The summed E-state index contributed by atoms with van der Waals surface area (Å²) in [6.45, 7) is 4.09. The second-order valence-electron chi connectivity index (χ2n) is 6.43. The number of carbonyl (C=O) groups excluding carboxylic acids is 1. The molecule has 0 radical (unpaired) electrons. The number of hydrogen-bond donors (Lipinski definition) is 1. The smallest absolute Gasteiger partial charge is 0.317 e. The van der Waals surface area contributed by atoms with Gasteiger partial charge in [-0.2, -0.15) is 0 Å². The molecule has 1 aromatic rings. The van der Waals surface area contributed by atoms with Crippen molar-refractivity contribution in [3.8, 4) is 0 Å². The van der Waals surface area contributed by atoms with E-state index >= 15 is 0 Å². The summed E-state index contributed by atoms with van der Waals surface area (Å²) >= 11 is 0. The first-order valence-corrected chi connectivity index (χ1v) is 8.64. The van der Waals surface area contributed by atoms with Crippen molar-refractivity contribution >= 4 is 6.03 Å². The number of nitrogens with zero attached hydrogens (tertiary/aromatic N) is 3. The van der Waals surface area contributed by atoms with Crippen molar-refractivity contribution < 1.29 is 9.21 Å². The fourth-order valence-corrected chi connectivity index (χ4v) is 3.55. The quantitative estimate of drug-likeness (QED) is 0.931. The van der Waals surface area contributed by atoms with Gasteiger partial charge in [0.2, 0.25) is 11.8 Å². The van der Waals surface area contributed by atoms with Gasteiger partial charge in [-0.05, 0) is 32.6 Å². The van der Waals surface area contributed by atoms with Crippen LogP contribution in [0.15, 0.2) is 4.42 Å². The van der Waals surface area contributed by atoms with Crippen LogP contribution < -0.4 is 5.32 Å². The molecule has 2 amide bonds. The van der Waals surface area contributed by atoms with Crippen LogP contribution in [-0.4, -0.2) is 40.8 Å². The molecule has 1 aromatic heterocycles. The zero-order valence-electron chi connectivity index (χ0n) is 13.4. The largest absolute Gasteiger partial charge is 0.425 e. The summed E-state index contributed by atoms with van der Waals surface area (Å²) in [6, 6.07) is 0.0132. The standard InChI is InChI=1S/C16H26N4O2/c1-2-17-16(21)20-10-6-9-13(11-20)15-19-18-14(22-15)12-7-4-3-5-8-12/h12-13H,2-11H2,1H3,(H,17,21). The Bertz CT molecular complexity index is 496. The third-order valence-electron chi connectivity index (χ3n) is 4.80. The predicted molar refractivity (Wildman–Crippen MR) is 82.7 cm³/mol. The summed E-state index contributed by atoms with van der Waals surface area (Å²) in [5, 5.41) is 11.4. The van der Waals surface area contributed by atoms with Crippen molar-refractivity contribution in [2.24, 2.45) is 0 Å². The highest BCUT2D eigenvalue weighted by Gasteiger charge is 2.29. The normalized spacial score (nSPS) is 23.5. The van der Waals surface area contributed by atoms with E-state index in [-0.39, 0.29) is 11.9 Å². The second-order valence-corrected chi connectivity index (χ2v) is 6.43. The van der Waals surface area contributed by atoms with E-state index in [1.807, 2.05) is 11.8 Å². The molecule has 0 bridgehead atoms. The van der Waals surface area contributed by atoms with Gasteiger partial charge in [-0.1, -0.05) is 19.3 Å². The van der Waals surface area contributed by atoms with Crippen molar-refractivity contribution in [3.63, 3.8) is 0 Å². The lowest BCUT2D eigenvalue weighted by molar-refractivity contribution is 0.174. The number of aromatic nitrogens is 2. The maximum Gasteiger partial charge on any atom is 0.317 e. The molecule has 1 N–H and O–H groups in total. The first kappa shape index (κ1) is 15.3. The summed E-state index contributed by atoms with van der Waals surface area (Å²) in [6.07, 6.45) is 8.18. The van der Waals surface area contributed by atoms with Crippen LogP contribution >= 0.6 is 0 Å². The van der Waals surface area contributed by atoms with Gasteiger partial charge in [-0.3, -0.25) is 0 Å². The number of amides is 2. The highest BCUT2D eigenvalue weighted by molar-refractivity contribution is 5.74. The summed E-state index contributed by atoms with van der Waals surface area (Å²) in [5.74, 6) is 2.15. The van der Waals surface area contributed by atoms with Crippen molar-refractivity contribution in [1.82, 2.24) is 20.4 Å². The van der Waals surface area contributed by atoms with Gasteiger partial charge in [0.05, 0.1) is 5.92 Å². The predicted octanol–water partition coefficient (Wildman–Crippen LogP) is 3.03. The monoisotopic (exact) mass is 306 g/mol. The van der Waals surface area contributed by atoms with Crippen molar-refractivity contribution in [2.75, 3.05) is 19.6 Å². The number of carbonyl (C=O) groups is 1. The molecule has 1 saturated heterocycles. The Morgan fingerprint density at radius 1 is 1.14 bits per heavy atom. The Labute approximate surface area is 131 Å². The summed E-state index contributed by atoms with van der Waals surface area (Å²) in [7, 11) is 0. The number of rotatable bonds is 3. The fraction of sp³-hybridized carbons (Fsp3) is 0.812. The molecule has 1 aliphatic carbocycles. The molecule has 0 spiro atoms. The molecule has 1 unspecified atom stereocenters. The van der Waals surface area contributed by atoms with Gasteiger partial charge in [0.15, 0.2) is 0 Å². The molecule has 3 rings (SSSR count). The van der Waals surface area contributed by atoms with Gasteiger partial charge in [0.25, 0.3) is 0 Å². The lowest BCUT2D eigenvalue weighted by Gasteiger charge is -2.31. The molecular weight excluding hydrogens is 280 g/mol. The van der Waals surface area contributed by atoms with Gasteiger partial charge < -0.3 is 14.6 Å². The van der Waals surface area contributed by atoms with Crippen LogP contribution in [0, 0.1) is 0 Å². The van der Waals surface area contributed by atoms with E-state index in [0.717, 1.165) is 44.0 Å². The minimum absolute atomic E-state index is 0.0132. The maximum atomic E-state index is 12.0. The molecule has 2 aliphatic rings. The zero-order valence-corrected chi connectivity index (χ0v) is 13.4. The third kappa shape index (κ3) is 3.42. The average molecular weight is 306 g/mol. The maximum absolute atomic E-state index is 12.0. The van der Waals surface area contributed by atoms with E-state index < -0.39 is 0 Å². The summed E-state index contributed by atoms with van der Waals surface area (Å²) < 4.78 is 5.97. The van der Waals surface area contributed by atoms with Crippen LogP contribution in [0.5, 0.6) is 0 Å². The first-order chi connectivity index (χ1) is 10.8. The summed E-state index contributed by atoms with van der Waals surface area (Å²) in [5.41, 5.74) is 0. The van der Waals surface area contributed by atoms with Gasteiger partial charge in [-0.25, -0.2) is 4.79 Å². The third-order valence-corrected chi connectivity index (χ3v) is 4.80. The average Bonchev–Trinajstić information content (AvgIpc) is 3.06. The van der Waals surface area contributed by atoms with Crippen LogP contribution in [0.25, 0.3) is 0 Å². The van der Waals surface area contributed by atoms with Crippen LogP contribution in [-0.2, 0) is 0 Å². The SMILES string of the molecule is CCNC(=O)N1CCCC(c2nnc(C3CCCCC3)o2)C1. The van der Waals surface area contributed by atoms with Crippen molar-refractivity contribution in [3.05, 3.63) is 11.8 Å². The molecule has 6 nitrogen and oxygen atoms in total. The lowest BCUT2D eigenvalue weighted by Crippen LogP contribution is -2.44. The Morgan fingerprint density at radius 3 is 2.55 bits per heavy atom. The molecule has 122 valence electrons. The number of piperidine rings is 1. The van der Waals surface area contributed by atoms with E-state index in [9.17, 15) is 4.79 Å². The molecule has 1 atom stereocenters. The van der Waals surface area contributed by atoms with Crippen molar-refractivity contribution in [1.29, 1.82) is 0 Å². The highest BCUT2D eigenvalue weighted by Crippen LogP contribution is 2.33. The molecule has 22 heavy (non-hydrogen) atoms. The molecule has 0 aromatic carbocycles. The first-order valence-electron chi connectivity index (χ1n) is 8.64. The van der Waals surface area contributed by atoms with E-state index in [2.05, 4.69) is 15.5 Å². The minimum atomic E-state index is 0.0132. The molecule has 2 fully saturated rings. The number of urea groups is 1. The zero-order chi connectivity index (χ0) is 15.4. The van der Waals surface area contributed by atoms with E-state index in [1.54, 1.807) is 0 Å². The Morgan fingerprint density at radius 2 is 1.82 bits per heavy atom. The number of hydrogen-bond acceptors (Lipinski definition) is 4. The van der Waals surface area contributed by atoms with Crippen LogP contribution in [0.3, 0.4) is 0 Å². The number of nitrogens with one attached hydrogen (secondary N) is 1. The molecule has 6 heteroatoms.